The molecule has 7 nitrogen and oxygen atoms in total. The quantitative estimate of drug-likeness (QED) is 0.440. The lowest BCUT2D eigenvalue weighted by Crippen LogP contribution is -2.38. The second kappa shape index (κ2) is 10.2. The van der Waals surface area contributed by atoms with Crippen LogP contribution in [0.15, 0.2) is 54.9 Å². The SMILES string of the molecule is C#Cc1cccc(Nc2ncnc3cc4c(cc23)N(C(=O)C=CCN2CCCCC2C)CCO4)c1. The van der Waals surface area contributed by atoms with Crippen LogP contribution in [0.3, 0.4) is 0 Å². The fourth-order valence-electron chi connectivity index (χ4n) is 4.73. The number of ether oxygens (including phenoxy) is 1. The first kappa shape index (κ1) is 22.9. The maximum absolute atomic E-state index is 13.2. The first-order chi connectivity index (χ1) is 17.1. The molecule has 0 spiro atoms. The number of benzene rings is 2. The van der Waals surface area contributed by atoms with Gasteiger partial charge in [-0.1, -0.05) is 24.5 Å². The summed E-state index contributed by atoms with van der Waals surface area (Å²) in [5, 5.41) is 4.13. The number of fused-ring (bicyclic) bond motifs is 2. The Morgan fingerprint density at radius 1 is 1.26 bits per heavy atom. The van der Waals surface area contributed by atoms with Gasteiger partial charge in [-0.15, -0.1) is 6.42 Å². The number of likely N-dealkylation sites (tertiary alicyclic amines) is 1. The predicted octanol–water partition coefficient (Wildman–Crippen LogP) is 4.51. The van der Waals surface area contributed by atoms with E-state index in [0.29, 0.717) is 30.8 Å². The number of rotatable bonds is 5. The normalized spacial score (nSPS) is 18.2. The van der Waals surface area contributed by atoms with Crippen LogP contribution in [-0.2, 0) is 4.79 Å². The Kier molecular flexibility index (Phi) is 6.64. The number of hydrogen-bond donors (Lipinski definition) is 1. The number of nitrogens with zero attached hydrogens (tertiary/aromatic N) is 4. The third-order valence-electron chi connectivity index (χ3n) is 6.68. The van der Waals surface area contributed by atoms with Crippen LogP contribution < -0.4 is 15.0 Å². The summed E-state index contributed by atoms with van der Waals surface area (Å²) in [6, 6.07) is 11.9. The third kappa shape index (κ3) is 4.98. The molecule has 1 aromatic heterocycles. The number of amides is 1. The molecule has 1 atom stereocenters. The molecular formula is C28H29N5O2. The number of anilines is 3. The largest absolute Gasteiger partial charge is 0.489 e. The van der Waals surface area contributed by atoms with Gasteiger partial charge in [-0.25, -0.2) is 9.97 Å². The molecule has 2 aliphatic heterocycles. The van der Waals surface area contributed by atoms with Crippen molar-refractivity contribution >= 4 is 34.0 Å². The second-order valence-electron chi connectivity index (χ2n) is 8.99. The molecule has 178 valence electrons. The van der Waals surface area contributed by atoms with Crippen LogP contribution in [0.4, 0.5) is 17.2 Å². The molecule has 0 saturated carbocycles. The van der Waals surface area contributed by atoms with Gasteiger partial charge in [-0.3, -0.25) is 9.69 Å². The number of nitrogens with one attached hydrogen (secondary N) is 1. The molecule has 0 bridgehead atoms. The molecule has 2 aliphatic rings. The highest BCUT2D eigenvalue weighted by molar-refractivity contribution is 6.05. The molecule has 3 aromatic rings. The summed E-state index contributed by atoms with van der Waals surface area (Å²) in [6.45, 7) is 5.07. The van der Waals surface area contributed by atoms with Crippen LogP contribution in [0, 0.1) is 12.3 Å². The van der Waals surface area contributed by atoms with Crippen molar-refractivity contribution < 1.29 is 9.53 Å². The summed E-state index contributed by atoms with van der Waals surface area (Å²) in [5.74, 6) is 3.88. The molecule has 1 unspecified atom stereocenters. The highest BCUT2D eigenvalue weighted by atomic mass is 16.5. The Balaban J connectivity index is 1.41. The standard InChI is InChI=1S/C28H29N5O2/c1-3-21-9-6-10-22(16-21)31-28-23-17-25-26(18-24(23)29-19-30-28)35-15-14-33(25)27(34)11-7-13-32-12-5-4-8-20(32)2/h1,6-7,9-11,16-20H,4-5,8,12-15H2,2H3,(H,29,30,31). The summed E-state index contributed by atoms with van der Waals surface area (Å²) < 4.78 is 5.88. The lowest BCUT2D eigenvalue weighted by Gasteiger charge is -2.32. The number of terminal acetylenes is 1. The van der Waals surface area contributed by atoms with Gasteiger partial charge >= 0.3 is 0 Å². The molecule has 1 amide bonds. The van der Waals surface area contributed by atoms with Crippen LogP contribution in [-0.4, -0.2) is 53.1 Å². The lowest BCUT2D eigenvalue weighted by molar-refractivity contribution is -0.114. The van der Waals surface area contributed by atoms with Crippen molar-refractivity contribution in [1.29, 1.82) is 0 Å². The van der Waals surface area contributed by atoms with Gasteiger partial charge < -0.3 is 15.0 Å². The smallest absolute Gasteiger partial charge is 0.250 e. The number of carbonyl (C=O) groups is 1. The maximum atomic E-state index is 13.2. The Morgan fingerprint density at radius 3 is 3.03 bits per heavy atom. The average Bonchev–Trinajstić information content (AvgIpc) is 2.88. The van der Waals surface area contributed by atoms with E-state index < -0.39 is 0 Å². The Labute approximate surface area is 205 Å². The number of piperidine rings is 1. The molecule has 0 radical (unpaired) electrons. The van der Waals surface area contributed by atoms with Gasteiger partial charge in [0.05, 0.1) is 17.7 Å². The van der Waals surface area contributed by atoms with E-state index in [4.69, 9.17) is 11.2 Å². The number of aromatic nitrogens is 2. The van der Waals surface area contributed by atoms with Gasteiger partial charge in [0.1, 0.15) is 24.5 Å². The Hall–Kier alpha value is -3.89. The molecule has 35 heavy (non-hydrogen) atoms. The van der Waals surface area contributed by atoms with Crippen LogP contribution in [0.25, 0.3) is 10.9 Å². The highest BCUT2D eigenvalue weighted by Gasteiger charge is 2.24. The maximum Gasteiger partial charge on any atom is 0.250 e. The summed E-state index contributed by atoms with van der Waals surface area (Å²) >= 11 is 0. The number of hydrogen-bond acceptors (Lipinski definition) is 6. The minimum absolute atomic E-state index is 0.0494. The summed E-state index contributed by atoms with van der Waals surface area (Å²) in [4.78, 5) is 26.2. The van der Waals surface area contributed by atoms with Crippen molar-refractivity contribution in [1.82, 2.24) is 14.9 Å². The molecule has 1 saturated heterocycles. The fraction of sp³-hybridized carbons (Fsp3) is 0.321. The van der Waals surface area contributed by atoms with Crippen molar-refractivity contribution in [2.75, 3.05) is 36.5 Å². The van der Waals surface area contributed by atoms with E-state index >= 15 is 0 Å². The minimum atomic E-state index is -0.0494. The van der Waals surface area contributed by atoms with Crippen molar-refractivity contribution in [2.24, 2.45) is 0 Å². The Bertz CT molecular complexity index is 1310. The predicted molar refractivity (Wildman–Crippen MR) is 139 cm³/mol. The van der Waals surface area contributed by atoms with E-state index in [1.54, 1.807) is 11.0 Å². The Morgan fingerprint density at radius 2 is 2.17 bits per heavy atom. The van der Waals surface area contributed by atoms with Crippen LogP contribution in [0.1, 0.15) is 31.7 Å². The first-order valence-corrected chi connectivity index (χ1v) is 12.1. The van der Waals surface area contributed by atoms with Gasteiger partial charge in [-0.2, -0.15) is 0 Å². The zero-order valence-electron chi connectivity index (χ0n) is 19.9. The van der Waals surface area contributed by atoms with Crippen LogP contribution >= 0.6 is 0 Å². The lowest BCUT2D eigenvalue weighted by atomic mass is 10.0. The van der Waals surface area contributed by atoms with Gasteiger partial charge in [0.15, 0.2) is 0 Å². The molecule has 7 heteroatoms. The van der Waals surface area contributed by atoms with E-state index in [0.717, 1.165) is 40.9 Å². The van der Waals surface area contributed by atoms with E-state index in [9.17, 15) is 4.79 Å². The van der Waals surface area contributed by atoms with Crippen molar-refractivity contribution in [3.8, 4) is 18.1 Å². The molecular weight excluding hydrogens is 438 g/mol. The molecule has 2 aromatic carbocycles. The van der Waals surface area contributed by atoms with Crippen molar-refractivity contribution in [3.05, 3.63) is 60.4 Å². The summed E-state index contributed by atoms with van der Waals surface area (Å²) in [7, 11) is 0. The van der Waals surface area contributed by atoms with Gasteiger partial charge in [0.25, 0.3) is 5.91 Å². The van der Waals surface area contributed by atoms with Gasteiger partial charge in [0.2, 0.25) is 0 Å². The monoisotopic (exact) mass is 467 g/mol. The molecule has 5 rings (SSSR count). The summed E-state index contributed by atoms with van der Waals surface area (Å²) in [6.07, 6.45) is 14.5. The summed E-state index contributed by atoms with van der Waals surface area (Å²) in [5.41, 5.74) is 3.07. The molecule has 1 fully saturated rings. The molecule has 3 heterocycles. The van der Waals surface area contributed by atoms with Crippen molar-refractivity contribution in [2.45, 2.75) is 32.2 Å². The van der Waals surface area contributed by atoms with Crippen molar-refractivity contribution in [3.63, 3.8) is 0 Å². The molecule has 1 N–H and O–H groups in total. The third-order valence-corrected chi connectivity index (χ3v) is 6.68. The van der Waals surface area contributed by atoms with Gasteiger partial charge in [0, 0.05) is 41.4 Å². The van der Waals surface area contributed by atoms with E-state index in [-0.39, 0.29) is 5.91 Å². The highest BCUT2D eigenvalue weighted by Crippen LogP contribution is 2.37. The first-order valence-electron chi connectivity index (χ1n) is 12.1. The minimum Gasteiger partial charge on any atom is -0.489 e. The second-order valence-corrected chi connectivity index (χ2v) is 8.99. The topological polar surface area (TPSA) is 70.6 Å². The van der Waals surface area contributed by atoms with E-state index in [1.165, 1.54) is 25.6 Å². The fourth-order valence-corrected chi connectivity index (χ4v) is 4.73. The van der Waals surface area contributed by atoms with E-state index in [2.05, 4.69) is 33.0 Å². The van der Waals surface area contributed by atoms with Gasteiger partial charge in [-0.05, 0) is 50.6 Å². The zero-order valence-corrected chi connectivity index (χ0v) is 19.9. The van der Waals surface area contributed by atoms with Crippen LogP contribution in [0.2, 0.25) is 0 Å². The zero-order chi connectivity index (χ0) is 24.2. The van der Waals surface area contributed by atoms with E-state index in [1.807, 2.05) is 42.5 Å². The van der Waals surface area contributed by atoms with Crippen LogP contribution in [0.5, 0.6) is 5.75 Å². The number of carbonyl (C=O) groups excluding carboxylic acids is 1. The average molecular weight is 468 g/mol. The molecule has 0 aliphatic carbocycles.